The van der Waals surface area contributed by atoms with Crippen LogP contribution in [0.15, 0.2) is 265 Å². The SMILES string of the molecule is c1ccc(-c2cccc(-c3cccc(-c4ccc5c(c4)c4ccccc4n5-c4ccc5c(c4)N(c4ccc6oc7ccc(-c8ccccc8)cc7c6c4)C4C5c5ccccc5N4c4ccccc4)c3)c2)cc1. The van der Waals surface area contributed by atoms with Gasteiger partial charge in [0.2, 0.25) is 0 Å². The number of hydrogen-bond acceptors (Lipinski definition) is 3. The molecule has 0 fully saturated rings. The second kappa shape index (κ2) is 16.1. The topological polar surface area (TPSA) is 24.6 Å². The number of fused-ring (bicyclic) bond motifs is 11. The molecule has 0 amide bonds. The zero-order valence-corrected chi connectivity index (χ0v) is 39.2. The smallest absolute Gasteiger partial charge is 0.135 e. The van der Waals surface area contributed by atoms with E-state index in [2.05, 4.69) is 275 Å². The molecule has 0 N–H and O–H groups in total. The number of para-hydroxylation sites is 3. The van der Waals surface area contributed by atoms with Gasteiger partial charge in [0.15, 0.2) is 0 Å². The van der Waals surface area contributed by atoms with Gasteiger partial charge in [-0.1, -0.05) is 170 Å². The summed E-state index contributed by atoms with van der Waals surface area (Å²) in [4.78, 5) is 5.16. The van der Waals surface area contributed by atoms with Crippen LogP contribution in [0.5, 0.6) is 0 Å². The highest BCUT2D eigenvalue weighted by Gasteiger charge is 2.50. The van der Waals surface area contributed by atoms with E-state index >= 15 is 0 Å². The fourth-order valence-corrected chi connectivity index (χ4v) is 12.0. The molecule has 2 aliphatic heterocycles. The molecule has 338 valence electrons. The number of rotatable bonds is 7. The van der Waals surface area contributed by atoms with E-state index in [9.17, 15) is 0 Å². The highest BCUT2D eigenvalue weighted by molar-refractivity contribution is 6.11. The highest BCUT2D eigenvalue weighted by atomic mass is 16.3. The predicted octanol–water partition coefficient (Wildman–Crippen LogP) is 18.1. The summed E-state index contributed by atoms with van der Waals surface area (Å²) in [5, 5.41) is 4.67. The third kappa shape index (κ3) is 6.32. The van der Waals surface area contributed by atoms with Crippen molar-refractivity contribution in [3.63, 3.8) is 0 Å². The second-order valence-electron chi connectivity index (χ2n) is 19.2. The summed E-state index contributed by atoms with van der Waals surface area (Å²) in [7, 11) is 0. The second-order valence-corrected chi connectivity index (χ2v) is 19.2. The van der Waals surface area contributed by atoms with Crippen molar-refractivity contribution < 1.29 is 4.42 Å². The first-order valence-electron chi connectivity index (χ1n) is 24.9. The van der Waals surface area contributed by atoms with Crippen LogP contribution in [-0.4, -0.2) is 10.7 Å². The molecule has 4 heteroatoms. The summed E-state index contributed by atoms with van der Waals surface area (Å²) < 4.78 is 9.02. The van der Waals surface area contributed by atoms with Crippen LogP contribution in [0.2, 0.25) is 0 Å². The first-order valence-corrected chi connectivity index (χ1v) is 24.9. The van der Waals surface area contributed by atoms with E-state index in [1.54, 1.807) is 0 Å². The minimum absolute atomic E-state index is 0.0529. The van der Waals surface area contributed by atoms with E-state index in [0.29, 0.717) is 0 Å². The number of aromatic nitrogens is 1. The predicted molar refractivity (Wildman–Crippen MR) is 299 cm³/mol. The molecule has 0 radical (unpaired) electrons. The third-order valence-corrected chi connectivity index (χ3v) is 15.3. The van der Waals surface area contributed by atoms with Gasteiger partial charge in [0, 0.05) is 50.0 Å². The van der Waals surface area contributed by atoms with Gasteiger partial charge >= 0.3 is 0 Å². The number of anilines is 4. The molecule has 0 saturated carbocycles. The van der Waals surface area contributed by atoms with E-state index in [1.165, 1.54) is 94.5 Å². The lowest BCUT2D eigenvalue weighted by Crippen LogP contribution is -2.40. The maximum absolute atomic E-state index is 6.56. The minimum atomic E-state index is -0.0529. The molecular formula is C68H45N3O. The molecule has 4 heterocycles. The third-order valence-electron chi connectivity index (χ3n) is 15.3. The standard InChI is InChI=1S/C68H45N3O/c1-4-16-44(17-5-1)46-20-14-21-47(38-46)48-22-15-23-49(39-48)51-30-35-63-58(40-51)55-26-10-12-28-61(55)69(63)54-32-34-57-64(43-54)71(68-67(57)56-27-11-13-29-62(56)70(68)52-24-8-3-9-25-52)53-33-37-66-60(42-53)59-41-50(31-36-65(59)72-66)45-18-6-2-7-19-45/h1-43,67-68H. The van der Waals surface area contributed by atoms with Crippen LogP contribution in [0.3, 0.4) is 0 Å². The van der Waals surface area contributed by atoms with Crippen LogP contribution in [0.1, 0.15) is 17.0 Å². The van der Waals surface area contributed by atoms with E-state index in [4.69, 9.17) is 4.42 Å². The van der Waals surface area contributed by atoms with Gasteiger partial charge < -0.3 is 18.8 Å². The Labute approximate surface area is 417 Å². The molecule has 0 spiro atoms. The van der Waals surface area contributed by atoms with Gasteiger partial charge in [-0.2, -0.15) is 0 Å². The Bertz CT molecular complexity index is 4250. The fraction of sp³-hybridized carbons (Fsp3) is 0.0294. The molecule has 72 heavy (non-hydrogen) atoms. The van der Waals surface area contributed by atoms with Crippen LogP contribution >= 0.6 is 0 Å². The Kier molecular flexibility index (Phi) is 9.05. The van der Waals surface area contributed by atoms with Gasteiger partial charge in [-0.05, 0) is 147 Å². The number of nitrogens with zero attached hydrogens (tertiary/aromatic N) is 3. The van der Waals surface area contributed by atoms with Crippen molar-refractivity contribution in [2.45, 2.75) is 12.1 Å². The Morgan fingerprint density at radius 3 is 1.51 bits per heavy atom. The van der Waals surface area contributed by atoms with E-state index in [0.717, 1.165) is 33.3 Å². The molecule has 15 rings (SSSR count). The molecule has 13 aromatic rings. The molecule has 11 aromatic carbocycles. The van der Waals surface area contributed by atoms with Gasteiger partial charge in [-0.15, -0.1) is 0 Å². The molecule has 2 aromatic heterocycles. The zero-order chi connectivity index (χ0) is 47.3. The molecule has 0 aliphatic carbocycles. The summed E-state index contributed by atoms with van der Waals surface area (Å²) in [6.45, 7) is 0. The average Bonchev–Trinajstić information content (AvgIpc) is 4.19. The minimum Gasteiger partial charge on any atom is -0.456 e. The van der Waals surface area contributed by atoms with Gasteiger partial charge in [0.1, 0.15) is 17.3 Å². The normalized spacial score (nSPS) is 14.9. The summed E-state index contributed by atoms with van der Waals surface area (Å²) in [6, 6.07) is 95.4. The quantitative estimate of drug-likeness (QED) is 0.159. The van der Waals surface area contributed by atoms with Crippen molar-refractivity contribution in [1.82, 2.24) is 4.57 Å². The number of furan rings is 1. The molecule has 0 saturated heterocycles. The first kappa shape index (κ1) is 40.5. The summed E-state index contributed by atoms with van der Waals surface area (Å²) in [5.74, 6) is 0.101. The number of hydrogen-bond donors (Lipinski definition) is 0. The van der Waals surface area contributed by atoms with Crippen LogP contribution in [-0.2, 0) is 0 Å². The van der Waals surface area contributed by atoms with Crippen LogP contribution < -0.4 is 9.80 Å². The fourth-order valence-electron chi connectivity index (χ4n) is 12.0. The molecule has 2 unspecified atom stereocenters. The van der Waals surface area contributed by atoms with Crippen molar-refractivity contribution >= 4 is 66.5 Å². The lowest BCUT2D eigenvalue weighted by Gasteiger charge is -2.36. The van der Waals surface area contributed by atoms with Crippen LogP contribution in [0.4, 0.5) is 22.7 Å². The van der Waals surface area contributed by atoms with E-state index in [1.807, 2.05) is 0 Å². The van der Waals surface area contributed by atoms with Crippen molar-refractivity contribution in [2.75, 3.05) is 9.80 Å². The Morgan fingerprint density at radius 2 is 0.778 bits per heavy atom. The Balaban J connectivity index is 0.887. The van der Waals surface area contributed by atoms with Gasteiger partial charge in [0.25, 0.3) is 0 Å². The van der Waals surface area contributed by atoms with Crippen molar-refractivity contribution in [1.29, 1.82) is 0 Å². The van der Waals surface area contributed by atoms with Crippen molar-refractivity contribution in [3.8, 4) is 50.2 Å². The largest absolute Gasteiger partial charge is 0.456 e. The molecule has 2 aliphatic rings. The monoisotopic (exact) mass is 919 g/mol. The maximum Gasteiger partial charge on any atom is 0.135 e. The summed E-state index contributed by atoms with van der Waals surface area (Å²) in [6.07, 6.45) is -0.0529. The highest BCUT2D eigenvalue weighted by Crippen LogP contribution is 2.59. The maximum atomic E-state index is 6.56. The first-order chi connectivity index (χ1) is 35.7. The van der Waals surface area contributed by atoms with Gasteiger partial charge in [0.05, 0.1) is 17.0 Å². The summed E-state index contributed by atoms with van der Waals surface area (Å²) >= 11 is 0. The van der Waals surface area contributed by atoms with E-state index in [-0.39, 0.29) is 12.1 Å². The van der Waals surface area contributed by atoms with Crippen LogP contribution in [0.25, 0.3) is 93.9 Å². The lowest BCUT2D eigenvalue weighted by molar-refractivity contribution is 0.665. The van der Waals surface area contributed by atoms with Crippen molar-refractivity contribution in [2.24, 2.45) is 0 Å². The zero-order valence-electron chi connectivity index (χ0n) is 39.2. The van der Waals surface area contributed by atoms with Gasteiger partial charge in [-0.3, -0.25) is 0 Å². The van der Waals surface area contributed by atoms with Crippen LogP contribution in [0, 0.1) is 0 Å². The van der Waals surface area contributed by atoms with Crippen molar-refractivity contribution in [3.05, 3.63) is 272 Å². The Hall–Kier alpha value is -9.38. The molecule has 2 atom stereocenters. The lowest BCUT2D eigenvalue weighted by atomic mass is 9.93. The van der Waals surface area contributed by atoms with Gasteiger partial charge in [-0.25, -0.2) is 0 Å². The molecule has 4 nitrogen and oxygen atoms in total. The number of benzene rings is 11. The molecule has 0 bridgehead atoms. The average molecular weight is 920 g/mol. The molecular weight excluding hydrogens is 875 g/mol. The Morgan fingerprint density at radius 1 is 0.278 bits per heavy atom. The summed E-state index contributed by atoms with van der Waals surface area (Å²) in [5.41, 5.74) is 22.2. The van der Waals surface area contributed by atoms with E-state index < -0.39 is 0 Å².